The van der Waals surface area contributed by atoms with Crippen molar-refractivity contribution in [2.45, 2.75) is 215 Å². The zero-order chi connectivity index (χ0) is 56.1. The van der Waals surface area contributed by atoms with Crippen molar-refractivity contribution in [2.75, 3.05) is 45.4 Å². The molecule has 35 atom stereocenters. The smallest absolute Gasteiger partial charge is 0.187 e. The first-order chi connectivity index (χ1) is 36.7. The Bertz CT molecular complexity index is 1470. The minimum absolute atomic E-state index is 0.352. The van der Waals surface area contributed by atoms with Gasteiger partial charge in [0.2, 0.25) is 0 Å². The van der Waals surface area contributed by atoms with Gasteiger partial charge in [0.15, 0.2) is 44.0 Å². The Balaban J connectivity index is 1.08. The molecule has 0 aromatic heterocycles. The molecule has 21 aliphatic heterocycles. The van der Waals surface area contributed by atoms with Crippen LogP contribution in [0.4, 0.5) is 0 Å². The highest BCUT2D eigenvalue weighted by Crippen LogP contribution is 2.39. The second-order valence-electron chi connectivity index (χ2n) is 19.7. The van der Waals surface area contributed by atoms with Crippen LogP contribution in [-0.2, 0) is 66.3 Å². The lowest BCUT2D eigenvalue weighted by atomic mass is 9.95. The zero-order valence-electron chi connectivity index (χ0n) is 40.3. The predicted octanol–water partition coefficient (Wildman–Crippen LogP) is -14.3. The van der Waals surface area contributed by atoms with E-state index in [0.717, 1.165) is 0 Å². The maximum Gasteiger partial charge on any atom is 0.187 e. The van der Waals surface area contributed by atoms with Crippen LogP contribution in [-0.4, -0.2) is 362 Å². The molecule has 14 bridgehead atoms. The molecule has 34 nitrogen and oxygen atoms in total. The van der Waals surface area contributed by atoms with Crippen LogP contribution in [0.5, 0.6) is 0 Å². The molecule has 35 heteroatoms. The van der Waals surface area contributed by atoms with E-state index in [1.54, 1.807) is 0 Å². The van der Waals surface area contributed by atoms with Gasteiger partial charge in [-0.25, -0.2) is 0 Å². The van der Waals surface area contributed by atoms with Crippen LogP contribution in [0, 0.1) is 0 Å². The first kappa shape index (κ1) is 62.0. The molecule has 0 radical (unpaired) electrons. The average Bonchev–Trinajstić information content (AvgIpc) is 3.45. The molecule has 21 fully saturated rings. The van der Waals surface area contributed by atoms with E-state index in [4.69, 9.17) is 66.3 Å². The van der Waals surface area contributed by atoms with Gasteiger partial charge in [-0.15, -0.1) is 0 Å². The van der Waals surface area contributed by atoms with E-state index in [1.807, 2.05) is 0 Å². The number of aliphatic hydroxyl groups excluding tert-OH is 20. The fourth-order valence-corrected chi connectivity index (χ4v) is 10.7. The molecule has 0 aromatic carbocycles. The normalized spacial score (nSPS) is 55.4. The van der Waals surface area contributed by atoms with E-state index >= 15 is 0 Å². The van der Waals surface area contributed by atoms with Crippen LogP contribution < -0.4 is 0 Å². The molecule has 0 aliphatic carbocycles. The summed E-state index contributed by atoms with van der Waals surface area (Å²) in [5.41, 5.74) is 0. The van der Waals surface area contributed by atoms with E-state index in [-0.39, 0.29) is 5.75 Å². The number of hydrogen-bond donors (Lipinski definition) is 21. The molecule has 0 amide bonds. The summed E-state index contributed by atoms with van der Waals surface area (Å²) in [6, 6.07) is 0. The van der Waals surface area contributed by atoms with Gasteiger partial charge in [0.1, 0.15) is 165 Å². The fourth-order valence-electron chi connectivity index (χ4n) is 10.4. The fraction of sp³-hybridized carbons (Fsp3) is 1.00. The van der Waals surface area contributed by atoms with E-state index < -0.39 is 255 Å². The molecule has 77 heavy (non-hydrogen) atoms. The number of ether oxygens (including phenoxy) is 14. The lowest BCUT2D eigenvalue weighted by molar-refractivity contribution is -0.396. The Morgan fingerprint density at radius 2 is 0.325 bits per heavy atom. The van der Waals surface area contributed by atoms with Crippen molar-refractivity contribution in [1.82, 2.24) is 0 Å². The number of rotatable bonds is 7. The highest BCUT2D eigenvalue weighted by Gasteiger charge is 2.59. The van der Waals surface area contributed by atoms with E-state index in [9.17, 15) is 102 Å². The number of aliphatic hydroxyl groups is 20. The van der Waals surface area contributed by atoms with E-state index in [1.165, 1.54) is 0 Å². The Morgan fingerprint density at radius 3 is 0.455 bits per heavy atom. The molecule has 21 saturated heterocycles. The van der Waals surface area contributed by atoms with Gasteiger partial charge < -0.3 is 168 Å². The Morgan fingerprint density at radius 1 is 0.195 bits per heavy atom. The summed E-state index contributed by atoms with van der Waals surface area (Å²) in [5, 5.41) is 220. The molecule has 21 aliphatic rings. The summed E-state index contributed by atoms with van der Waals surface area (Å²) in [5.74, 6) is -0.352. The number of hydrogen-bond acceptors (Lipinski definition) is 35. The zero-order valence-corrected chi connectivity index (χ0v) is 41.2. The van der Waals surface area contributed by atoms with Crippen LogP contribution in [0.25, 0.3) is 0 Å². The maximum atomic E-state index is 11.4. The summed E-state index contributed by atoms with van der Waals surface area (Å²) in [6.45, 7) is -6.17. The van der Waals surface area contributed by atoms with Crippen molar-refractivity contribution in [3.63, 3.8) is 0 Å². The number of thiol groups is 1. The molecular formula is C42H70O34S. The largest absolute Gasteiger partial charge is 0.394 e. The van der Waals surface area contributed by atoms with Crippen molar-refractivity contribution in [2.24, 2.45) is 0 Å². The van der Waals surface area contributed by atoms with Gasteiger partial charge in [0.05, 0.1) is 45.7 Å². The van der Waals surface area contributed by atoms with Crippen LogP contribution in [0.3, 0.4) is 0 Å². The molecule has 20 N–H and O–H groups in total. The molecule has 0 aromatic rings. The lowest BCUT2D eigenvalue weighted by Gasteiger charge is -2.50. The third-order valence-corrected chi connectivity index (χ3v) is 15.1. The highest BCUT2D eigenvalue weighted by atomic mass is 32.1. The SMILES string of the molecule is OC[C@@H]1O[C@@H]2O[C@H]3[C@H](O)[C@@H](O)[C@@H](O[C@H]4[C@@H](O)[C@H](O)[C@@H](O[C@H]5[C@@H](O)[C@H](O)[C@@H](O[C@H]6[C@H](O)[C@@H](O)[C@@H](O[C@H]7[C@H](O)[C@@H](O)[C@@H](O[C@H]8[C@H](O)[C@@H](O)[C@@H](O[C@H]1[C@H](O)[C@H]2O)O[C@@H]8CO)O[C@@H]7CO)O[C@@H]6CO)O[C@@H]5CO)O[C@@H]4CO)O[C@@H]3CS. The lowest BCUT2D eigenvalue weighted by Crippen LogP contribution is -2.68. The average molecular weight is 1150 g/mol. The van der Waals surface area contributed by atoms with E-state index in [2.05, 4.69) is 12.6 Å². The van der Waals surface area contributed by atoms with Crippen LogP contribution >= 0.6 is 12.6 Å². The standard InChI is InChI=1S/C42H70O34S/c43-1-8-29-16(50)23(57)37(64-8)72-31-10(3-45)66-39(25(59)18(31)52)74-33-12(5-47)68-41(27(61)20(33)54)76-35-14(7-77)69-42(28(62)21(35)55)75-34-13(6-48)67-40(26(60)19(34)53)73-32-11(4-46)65-38(24(58)17(32)51)71-30-9(2-44)63-36(70-29)22(56)15(30)49/h8-62,77H,1-7H2/t8-,9-,10-,11-,12+,13-,14-,15-,16-,17+,18-,19+,20-,21-,22-,23-,24+,25-,26+,27-,28-,29-,30-,31-,32-,33-,34-,35-,36-,37-,38-,39-,40-,41-,42-/m1/s1. The minimum atomic E-state index is -2.20. The first-order valence-corrected chi connectivity index (χ1v) is 25.3. The topological polar surface area (TPSA) is 534 Å². The van der Waals surface area contributed by atoms with Crippen molar-refractivity contribution < 1.29 is 168 Å². The maximum absolute atomic E-state index is 11.4. The van der Waals surface area contributed by atoms with Gasteiger partial charge in [-0.1, -0.05) is 0 Å². The second kappa shape index (κ2) is 26.3. The summed E-state index contributed by atoms with van der Waals surface area (Å²) in [7, 11) is 0. The Labute approximate surface area is 440 Å². The van der Waals surface area contributed by atoms with Gasteiger partial charge in [-0.2, -0.15) is 12.6 Å². The van der Waals surface area contributed by atoms with Crippen molar-refractivity contribution in [3.8, 4) is 0 Å². The van der Waals surface area contributed by atoms with Crippen LogP contribution in [0.1, 0.15) is 0 Å². The second-order valence-corrected chi connectivity index (χ2v) is 20.0. The molecular weight excluding hydrogens is 1080 g/mol. The quantitative estimate of drug-likeness (QED) is 0.105. The van der Waals surface area contributed by atoms with E-state index in [0.29, 0.717) is 0 Å². The van der Waals surface area contributed by atoms with Gasteiger partial charge in [0.25, 0.3) is 0 Å². The highest BCUT2D eigenvalue weighted by molar-refractivity contribution is 7.80. The summed E-state index contributed by atoms with van der Waals surface area (Å²) < 4.78 is 80.0. The first-order valence-electron chi connectivity index (χ1n) is 24.6. The molecule has 448 valence electrons. The van der Waals surface area contributed by atoms with Gasteiger partial charge in [-0.05, 0) is 0 Å². The Hall–Kier alpha value is -1.01. The molecule has 0 unspecified atom stereocenters. The third kappa shape index (κ3) is 12.2. The molecule has 21 rings (SSSR count). The molecule has 0 saturated carbocycles. The van der Waals surface area contributed by atoms with Gasteiger partial charge in [0, 0.05) is 5.75 Å². The Kier molecular flexibility index (Phi) is 21.2. The van der Waals surface area contributed by atoms with Crippen LogP contribution in [0.15, 0.2) is 0 Å². The van der Waals surface area contributed by atoms with Crippen molar-refractivity contribution >= 4 is 12.6 Å². The summed E-state index contributed by atoms with van der Waals surface area (Å²) in [4.78, 5) is 0. The predicted molar refractivity (Wildman–Crippen MR) is 235 cm³/mol. The summed E-state index contributed by atoms with van der Waals surface area (Å²) >= 11 is 4.23. The van der Waals surface area contributed by atoms with Crippen molar-refractivity contribution in [1.29, 1.82) is 0 Å². The minimum Gasteiger partial charge on any atom is -0.394 e. The van der Waals surface area contributed by atoms with Gasteiger partial charge >= 0.3 is 0 Å². The third-order valence-electron chi connectivity index (χ3n) is 14.8. The van der Waals surface area contributed by atoms with Gasteiger partial charge in [-0.3, -0.25) is 0 Å². The monoisotopic (exact) mass is 1150 g/mol. The van der Waals surface area contributed by atoms with Crippen LogP contribution in [0.2, 0.25) is 0 Å². The van der Waals surface area contributed by atoms with Crippen molar-refractivity contribution in [3.05, 3.63) is 0 Å². The molecule has 21 heterocycles. The molecule has 0 spiro atoms. The summed E-state index contributed by atoms with van der Waals surface area (Å²) in [6.07, 6.45) is -68.7.